The van der Waals surface area contributed by atoms with Gasteiger partial charge in [-0.1, -0.05) is 36.4 Å². The standard InChI is InChI=1S/C18H19NO3/c20-16-9-10-19(12-16)18(21)15-7-4-8-17(11-15)22-13-14-5-2-1-3-6-14/h1-8,11,16,20H,9-10,12-13H2/t16-/m0/s1. The molecule has 0 bridgehead atoms. The van der Waals surface area contributed by atoms with E-state index in [0.29, 0.717) is 37.4 Å². The summed E-state index contributed by atoms with van der Waals surface area (Å²) < 4.78 is 5.75. The lowest BCUT2D eigenvalue weighted by molar-refractivity contribution is 0.0764. The first-order chi connectivity index (χ1) is 10.7. The number of β-amino-alcohol motifs (C(OH)–C–C–N with tert-alkyl or cyclic N) is 1. The van der Waals surface area contributed by atoms with E-state index < -0.39 is 6.10 Å². The lowest BCUT2D eigenvalue weighted by Gasteiger charge is -2.16. The third kappa shape index (κ3) is 3.46. The minimum Gasteiger partial charge on any atom is -0.489 e. The fourth-order valence-corrected chi connectivity index (χ4v) is 2.57. The molecule has 2 aromatic carbocycles. The molecule has 1 saturated heterocycles. The molecule has 1 aliphatic heterocycles. The molecule has 4 heteroatoms. The van der Waals surface area contributed by atoms with Gasteiger partial charge < -0.3 is 14.7 Å². The molecule has 0 unspecified atom stereocenters. The van der Waals surface area contributed by atoms with Gasteiger partial charge in [0.05, 0.1) is 6.10 Å². The van der Waals surface area contributed by atoms with Gasteiger partial charge >= 0.3 is 0 Å². The summed E-state index contributed by atoms with van der Waals surface area (Å²) in [6.45, 7) is 1.49. The van der Waals surface area contributed by atoms with Crippen molar-refractivity contribution in [1.82, 2.24) is 4.90 Å². The van der Waals surface area contributed by atoms with Crippen LogP contribution in [0.15, 0.2) is 54.6 Å². The summed E-state index contributed by atoms with van der Waals surface area (Å²) in [4.78, 5) is 14.1. The first kappa shape index (κ1) is 14.6. The Balaban J connectivity index is 1.66. The fourth-order valence-electron chi connectivity index (χ4n) is 2.57. The van der Waals surface area contributed by atoms with Crippen LogP contribution >= 0.6 is 0 Å². The lowest BCUT2D eigenvalue weighted by Crippen LogP contribution is -2.29. The number of aliphatic hydroxyl groups excluding tert-OH is 1. The Morgan fingerprint density at radius 2 is 2.00 bits per heavy atom. The van der Waals surface area contributed by atoms with E-state index in [-0.39, 0.29) is 5.91 Å². The highest BCUT2D eigenvalue weighted by atomic mass is 16.5. The summed E-state index contributed by atoms with van der Waals surface area (Å²) in [5.74, 6) is 0.621. The van der Waals surface area contributed by atoms with Gasteiger partial charge in [-0.25, -0.2) is 0 Å². The third-order valence-electron chi connectivity index (χ3n) is 3.78. The van der Waals surface area contributed by atoms with Crippen molar-refractivity contribution in [3.8, 4) is 5.75 Å². The maximum absolute atomic E-state index is 12.4. The number of benzene rings is 2. The molecule has 4 nitrogen and oxygen atoms in total. The van der Waals surface area contributed by atoms with Crippen molar-refractivity contribution in [2.24, 2.45) is 0 Å². The zero-order valence-electron chi connectivity index (χ0n) is 12.3. The molecule has 1 aliphatic rings. The minimum absolute atomic E-state index is 0.0540. The van der Waals surface area contributed by atoms with Crippen LogP contribution in [0.25, 0.3) is 0 Å². The molecule has 2 aromatic rings. The van der Waals surface area contributed by atoms with Crippen LogP contribution in [0.5, 0.6) is 5.75 Å². The smallest absolute Gasteiger partial charge is 0.254 e. The van der Waals surface area contributed by atoms with Crippen LogP contribution in [0.3, 0.4) is 0 Å². The van der Waals surface area contributed by atoms with Crippen LogP contribution in [-0.2, 0) is 6.61 Å². The van der Waals surface area contributed by atoms with Crippen molar-refractivity contribution in [2.45, 2.75) is 19.1 Å². The second-order valence-corrected chi connectivity index (χ2v) is 5.50. The number of likely N-dealkylation sites (tertiary alicyclic amines) is 1. The number of ether oxygens (including phenoxy) is 1. The van der Waals surface area contributed by atoms with Crippen LogP contribution in [0.4, 0.5) is 0 Å². The molecule has 1 heterocycles. The number of carbonyl (C=O) groups is 1. The van der Waals surface area contributed by atoms with Crippen molar-refractivity contribution in [3.63, 3.8) is 0 Å². The minimum atomic E-state index is -0.401. The Labute approximate surface area is 130 Å². The van der Waals surface area contributed by atoms with E-state index in [1.165, 1.54) is 0 Å². The van der Waals surface area contributed by atoms with E-state index in [0.717, 1.165) is 5.56 Å². The Bertz CT molecular complexity index is 642. The van der Waals surface area contributed by atoms with E-state index in [1.807, 2.05) is 42.5 Å². The van der Waals surface area contributed by atoms with Gasteiger partial charge in [0.15, 0.2) is 0 Å². The highest BCUT2D eigenvalue weighted by Gasteiger charge is 2.25. The quantitative estimate of drug-likeness (QED) is 0.943. The Kier molecular flexibility index (Phi) is 4.39. The topological polar surface area (TPSA) is 49.8 Å². The molecule has 3 rings (SSSR count). The summed E-state index contributed by atoms with van der Waals surface area (Å²) in [5.41, 5.74) is 1.68. The summed E-state index contributed by atoms with van der Waals surface area (Å²) in [7, 11) is 0. The largest absolute Gasteiger partial charge is 0.489 e. The number of nitrogens with zero attached hydrogens (tertiary/aromatic N) is 1. The summed E-state index contributed by atoms with van der Waals surface area (Å²) in [6, 6.07) is 17.1. The monoisotopic (exact) mass is 297 g/mol. The van der Waals surface area contributed by atoms with E-state index in [9.17, 15) is 9.90 Å². The predicted octanol–water partition coefficient (Wildman–Crippen LogP) is 2.47. The number of aliphatic hydroxyl groups is 1. The lowest BCUT2D eigenvalue weighted by atomic mass is 10.2. The number of amides is 1. The second-order valence-electron chi connectivity index (χ2n) is 5.50. The molecule has 1 fully saturated rings. The highest BCUT2D eigenvalue weighted by Crippen LogP contribution is 2.19. The highest BCUT2D eigenvalue weighted by molar-refractivity contribution is 5.94. The maximum atomic E-state index is 12.4. The molecular formula is C18H19NO3. The van der Waals surface area contributed by atoms with E-state index in [4.69, 9.17) is 4.74 Å². The van der Waals surface area contributed by atoms with Crippen molar-refractivity contribution >= 4 is 5.91 Å². The molecule has 1 N–H and O–H groups in total. The molecule has 0 radical (unpaired) electrons. The van der Waals surface area contributed by atoms with E-state index in [2.05, 4.69) is 0 Å². The van der Waals surface area contributed by atoms with Crippen LogP contribution in [0.2, 0.25) is 0 Å². The van der Waals surface area contributed by atoms with Crippen LogP contribution < -0.4 is 4.74 Å². The summed E-state index contributed by atoms with van der Waals surface area (Å²) >= 11 is 0. The fraction of sp³-hybridized carbons (Fsp3) is 0.278. The van der Waals surface area contributed by atoms with Gasteiger partial charge in [0.1, 0.15) is 12.4 Å². The number of carbonyl (C=O) groups excluding carboxylic acids is 1. The van der Waals surface area contributed by atoms with Gasteiger partial charge in [-0.05, 0) is 30.2 Å². The first-order valence-electron chi connectivity index (χ1n) is 7.46. The first-order valence-corrected chi connectivity index (χ1v) is 7.46. The van der Waals surface area contributed by atoms with Crippen molar-refractivity contribution in [3.05, 3.63) is 65.7 Å². The molecule has 1 atom stereocenters. The van der Waals surface area contributed by atoms with Gasteiger partial charge in [-0.2, -0.15) is 0 Å². The van der Waals surface area contributed by atoms with Crippen LogP contribution in [-0.4, -0.2) is 35.1 Å². The molecular weight excluding hydrogens is 278 g/mol. The molecule has 114 valence electrons. The zero-order chi connectivity index (χ0) is 15.4. The summed E-state index contributed by atoms with van der Waals surface area (Å²) in [6.07, 6.45) is 0.247. The number of rotatable bonds is 4. The van der Waals surface area contributed by atoms with Gasteiger partial charge in [0, 0.05) is 18.7 Å². The molecule has 0 spiro atoms. The van der Waals surface area contributed by atoms with Crippen molar-refractivity contribution < 1.29 is 14.6 Å². The van der Waals surface area contributed by atoms with E-state index in [1.54, 1.807) is 17.0 Å². The average Bonchev–Trinajstić information content (AvgIpc) is 3.00. The maximum Gasteiger partial charge on any atom is 0.254 e. The Morgan fingerprint density at radius 3 is 2.73 bits per heavy atom. The SMILES string of the molecule is O=C(c1cccc(OCc2ccccc2)c1)N1CC[C@H](O)C1. The average molecular weight is 297 g/mol. The van der Waals surface area contributed by atoms with Crippen LogP contribution in [0.1, 0.15) is 22.3 Å². The Morgan fingerprint density at radius 1 is 1.18 bits per heavy atom. The van der Waals surface area contributed by atoms with Gasteiger partial charge in [-0.15, -0.1) is 0 Å². The van der Waals surface area contributed by atoms with Gasteiger partial charge in [-0.3, -0.25) is 4.79 Å². The van der Waals surface area contributed by atoms with Crippen LogP contribution in [0, 0.1) is 0 Å². The van der Waals surface area contributed by atoms with Gasteiger partial charge in [0.2, 0.25) is 0 Å². The van der Waals surface area contributed by atoms with E-state index >= 15 is 0 Å². The van der Waals surface area contributed by atoms with Crippen molar-refractivity contribution in [2.75, 3.05) is 13.1 Å². The number of hydrogen-bond acceptors (Lipinski definition) is 3. The Hall–Kier alpha value is -2.33. The molecule has 0 saturated carbocycles. The summed E-state index contributed by atoms with van der Waals surface area (Å²) in [5, 5.41) is 9.54. The molecule has 0 aromatic heterocycles. The molecule has 1 amide bonds. The van der Waals surface area contributed by atoms with Gasteiger partial charge in [0.25, 0.3) is 5.91 Å². The number of hydrogen-bond donors (Lipinski definition) is 1. The zero-order valence-corrected chi connectivity index (χ0v) is 12.3. The third-order valence-corrected chi connectivity index (χ3v) is 3.78. The second kappa shape index (κ2) is 6.62. The molecule has 0 aliphatic carbocycles. The normalized spacial score (nSPS) is 17.5. The predicted molar refractivity (Wildman–Crippen MR) is 83.7 cm³/mol. The van der Waals surface area contributed by atoms with Crippen molar-refractivity contribution in [1.29, 1.82) is 0 Å². The molecule has 22 heavy (non-hydrogen) atoms.